The van der Waals surface area contributed by atoms with Crippen molar-refractivity contribution >= 4 is 11.5 Å². The van der Waals surface area contributed by atoms with Gasteiger partial charge in [-0.1, -0.05) is 5.16 Å². The number of halogens is 3. The number of hydrogen-bond donors (Lipinski definition) is 2. The predicted molar refractivity (Wildman–Crippen MR) is 71.6 cm³/mol. The van der Waals surface area contributed by atoms with Crippen LogP contribution in [0.15, 0.2) is 23.4 Å². The summed E-state index contributed by atoms with van der Waals surface area (Å²) in [7, 11) is 1.59. The average Bonchev–Trinajstić information content (AvgIpc) is 2.93. The van der Waals surface area contributed by atoms with Gasteiger partial charge < -0.3 is 20.6 Å². The van der Waals surface area contributed by atoms with Crippen molar-refractivity contribution in [3.63, 3.8) is 0 Å². The first-order valence-corrected chi connectivity index (χ1v) is 6.33. The van der Waals surface area contributed by atoms with E-state index >= 15 is 0 Å². The van der Waals surface area contributed by atoms with Gasteiger partial charge in [-0.25, -0.2) is 0 Å². The molecule has 0 saturated carbocycles. The molecular formula is C13H16F3N3O2. The molecule has 1 atom stereocenters. The van der Waals surface area contributed by atoms with Crippen LogP contribution in [-0.2, 0) is 10.9 Å². The van der Waals surface area contributed by atoms with Crippen molar-refractivity contribution in [3.8, 4) is 0 Å². The number of methoxy groups -OCH3 is 1. The molecule has 2 rings (SSSR count). The van der Waals surface area contributed by atoms with Gasteiger partial charge in [-0.15, -0.1) is 0 Å². The predicted octanol–water partition coefficient (Wildman–Crippen LogP) is 2.02. The lowest BCUT2D eigenvalue weighted by Gasteiger charge is -2.22. The van der Waals surface area contributed by atoms with E-state index in [0.29, 0.717) is 18.8 Å². The van der Waals surface area contributed by atoms with Crippen molar-refractivity contribution in [2.45, 2.75) is 18.7 Å². The minimum absolute atomic E-state index is 0.0208. The van der Waals surface area contributed by atoms with Crippen molar-refractivity contribution in [2.24, 2.45) is 10.9 Å². The van der Waals surface area contributed by atoms with E-state index in [4.69, 9.17) is 15.7 Å². The van der Waals surface area contributed by atoms with Gasteiger partial charge in [0.25, 0.3) is 0 Å². The lowest BCUT2D eigenvalue weighted by molar-refractivity contribution is -0.137. The second kappa shape index (κ2) is 5.80. The zero-order valence-electron chi connectivity index (χ0n) is 11.4. The van der Waals surface area contributed by atoms with Crippen LogP contribution in [0.25, 0.3) is 0 Å². The minimum atomic E-state index is -4.48. The molecule has 1 saturated heterocycles. The second-order valence-corrected chi connectivity index (χ2v) is 4.81. The van der Waals surface area contributed by atoms with Crippen LogP contribution in [0, 0.1) is 0 Å². The van der Waals surface area contributed by atoms with Crippen LogP contribution in [0.5, 0.6) is 0 Å². The highest BCUT2D eigenvalue weighted by molar-refractivity contribution is 6.02. The Morgan fingerprint density at radius 3 is 2.71 bits per heavy atom. The topological polar surface area (TPSA) is 71.1 Å². The molecule has 8 heteroatoms. The summed E-state index contributed by atoms with van der Waals surface area (Å²) in [6, 6.07) is 3.22. The van der Waals surface area contributed by atoms with Crippen LogP contribution < -0.4 is 10.6 Å². The molecule has 1 aromatic carbocycles. The average molecular weight is 303 g/mol. The molecule has 116 valence electrons. The second-order valence-electron chi connectivity index (χ2n) is 4.81. The fraction of sp³-hybridized carbons (Fsp3) is 0.462. The molecular weight excluding hydrogens is 287 g/mol. The maximum absolute atomic E-state index is 12.8. The molecule has 1 heterocycles. The molecule has 0 aliphatic carbocycles. The molecule has 21 heavy (non-hydrogen) atoms. The molecule has 1 fully saturated rings. The van der Waals surface area contributed by atoms with Gasteiger partial charge in [0.05, 0.1) is 11.7 Å². The summed E-state index contributed by atoms with van der Waals surface area (Å²) < 4.78 is 43.6. The summed E-state index contributed by atoms with van der Waals surface area (Å²) in [6.45, 7) is 1.18. The third-order valence-electron chi connectivity index (χ3n) is 3.53. The Morgan fingerprint density at radius 2 is 2.19 bits per heavy atom. The number of amidine groups is 1. The molecule has 1 aromatic rings. The summed E-state index contributed by atoms with van der Waals surface area (Å²) in [5.41, 5.74) is 5.24. The Labute approximate surface area is 119 Å². The van der Waals surface area contributed by atoms with E-state index in [0.717, 1.165) is 18.6 Å². The smallest absolute Gasteiger partial charge is 0.409 e. The van der Waals surface area contributed by atoms with Gasteiger partial charge in [0.15, 0.2) is 5.84 Å². The maximum atomic E-state index is 12.8. The van der Waals surface area contributed by atoms with E-state index in [1.54, 1.807) is 7.11 Å². The highest BCUT2D eigenvalue weighted by Gasteiger charge is 2.32. The van der Waals surface area contributed by atoms with Gasteiger partial charge in [0, 0.05) is 31.5 Å². The third-order valence-corrected chi connectivity index (χ3v) is 3.53. The number of alkyl halides is 3. The number of hydrogen-bond acceptors (Lipinski definition) is 4. The van der Waals surface area contributed by atoms with Crippen molar-refractivity contribution < 1.29 is 23.1 Å². The monoisotopic (exact) mass is 303 g/mol. The Morgan fingerprint density at radius 1 is 1.48 bits per heavy atom. The molecule has 0 amide bonds. The molecule has 0 radical (unpaired) electrons. The van der Waals surface area contributed by atoms with E-state index in [1.807, 2.05) is 4.90 Å². The Balaban J connectivity index is 2.41. The minimum Gasteiger partial charge on any atom is -0.409 e. The first-order chi connectivity index (χ1) is 9.86. The van der Waals surface area contributed by atoms with E-state index in [1.165, 1.54) is 6.07 Å². The zero-order valence-corrected chi connectivity index (χ0v) is 11.4. The summed E-state index contributed by atoms with van der Waals surface area (Å²) in [4.78, 5) is 1.86. The highest BCUT2D eigenvalue weighted by atomic mass is 19.4. The number of nitrogens with two attached hydrogens (primary N) is 1. The van der Waals surface area contributed by atoms with Crippen LogP contribution in [0.2, 0.25) is 0 Å². The van der Waals surface area contributed by atoms with Gasteiger partial charge in [-0.3, -0.25) is 0 Å². The standard InChI is InChI=1S/C13H16F3N3O2/c1-21-9-4-5-19(7-9)11-3-2-8(13(14,15)16)6-10(11)12(17)18-20/h2-3,6,9,20H,4-5,7H2,1H3,(H2,17,18). The largest absolute Gasteiger partial charge is 0.416 e. The summed E-state index contributed by atoms with van der Waals surface area (Å²) >= 11 is 0. The molecule has 5 nitrogen and oxygen atoms in total. The van der Waals surface area contributed by atoms with E-state index in [2.05, 4.69) is 5.16 Å². The van der Waals surface area contributed by atoms with E-state index in [-0.39, 0.29) is 17.5 Å². The highest BCUT2D eigenvalue weighted by Crippen LogP contribution is 2.34. The molecule has 0 bridgehead atoms. The number of nitrogens with zero attached hydrogens (tertiary/aromatic N) is 2. The fourth-order valence-electron chi connectivity index (χ4n) is 2.39. The van der Waals surface area contributed by atoms with Crippen LogP contribution in [0.4, 0.5) is 18.9 Å². The molecule has 1 aliphatic rings. The van der Waals surface area contributed by atoms with Gasteiger partial charge in [-0.2, -0.15) is 13.2 Å². The molecule has 3 N–H and O–H groups in total. The van der Waals surface area contributed by atoms with Crippen molar-refractivity contribution in [2.75, 3.05) is 25.1 Å². The molecule has 0 aromatic heterocycles. The molecule has 0 spiro atoms. The summed E-state index contributed by atoms with van der Waals surface area (Å²) in [5.74, 6) is -0.350. The van der Waals surface area contributed by atoms with Gasteiger partial charge >= 0.3 is 6.18 Å². The van der Waals surface area contributed by atoms with Gasteiger partial charge in [0.1, 0.15) is 0 Å². The van der Waals surface area contributed by atoms with Gasteiger partial charge in [0.2, 0.25) is 0 Å². The summed E-state index contributed by atoms with van der Waals surface area (Å²) in [6.07, 6.45) is -3.69. The first-order valence-electron chi connectivity index (χ1n) is 6.33. The number of oxime groups is 1. The van der Waals surface area contributed by atoms with Crippen LogP contribution >= 0.6 is 0 Å². The lowest BCUT2D eigenvalue weighted by atomic mass is 10.1. The van der Waals surface area contributed by atoms with Crippen molar-refractivity contribution in [3.05, 3.63) is 29.3 Å². The zero-order chi connectivity index (χ0) is 15.6. The quantitative estimate of drug-likeness (QED) is 0.388. The number of benzene rings is 1. The fourth-order valence-corrected chi connectivity index (χ4v) is 2.39. The Hall–Kier alpha value is -1.96. The maximum Gasteiger partial charge on any atom is 0.416 e. The molecule has 1 aliphatic heterocycles. The van der Waals surface area contributed by atoms with Crippen molar-refractivity contribution in [1.82, 2.24) is 0 Å². The Kier molecular flexibility index (Phi) is 4.26. The normalized spacial score (nSPS) is 20.1. The Bertz CT molecular complexity index is 546. The lowest BCUT2D eigenvalue weighted by Crippen LogP contribution is -2.26. The summed E-state index contributed by atoms with van der Waals surface area (Å²) in [5, 5.41) is 11.6. The first kappa shape index (κ1) is 15.4. The number of rotatable bonds is 3. The van der Waals surface area contributed by atoms with Crippen molar-refractivity contribution in [1.29, 1.82) is 0 Å². The third kappa shape index (κ3) is 3.21. The number of ether oxygens (including phenoxy) is 1. The van der Waals surface area contributed by atoms with Crippen LogP contribution in [0.1, 0.15) is 17.5 Å². The van der Waals surface area contributed by atoms with Crippen LogP contribution in [0.3, 0.4) is 0 Å². The van der Waals surface area contributed by atoms with E-state index in [9.17, 15) is 13.2 Å². The van der Waals surface area contributed by atoms with Crippen LogP contribution in [-0.4, -0.2) is 37.3 Å². The van der Waals surface area contributed by atoms with E-state index < -0.39 is 11.7 Å². The SMILES string of the molecule is COC1CCN(c2ccc(C(F)(F)F)cc2/C(N)=N/O)C1. The van der Waals surface area contributed by atoms with Gasteiger partial charge in [-0.05, 0) is 24.6 Å². The molecule has 1 unspecified atom stereocenters. The number of anilines is 1.